The van der Waals surface area contributed by atoms with Crippen molar-refractivity contribution in [3.05, 3.63) is 23.9 Å². The molecule has 1 aliphatic heterocycles. The van der Waals surface area contributed by atoms with Crippen molar-refractivity contribution in [1.29, 1.82) is 5.26 Å². The molecule has 0 bridgehead atoms. The van der Waals surface area contributed by atoms with Crippen LogP contribution in [0.25, 0.3) is 0 Å². The lowest BCUT2D eigenvalue weighted by molar-refractivity contribution is 0.622. The zero-order valence-electron chi connectivity index (χ0n) is 8.85. The summed E-state index contributed by atoms with van der Waals surface area (Å²) in [7, 11) is -0.638. The summed E-state index contributed by atoms with van der Waals surface area (Å²) in [5.74, 6) is 2.25. The molecular weight excluding hydrogens is 222 g/mol. The molecule has 0 amide bonds. The third-order valence-corrected chi connectivity index (χ3v) is 3.99. The van der Waals surface area contributed by atoms with Crippen molar-refractivity contribution in [2.45, 2.75) is 18.9 Å². The number of pyridine rings is 1. The van der Waals surface area contributed by atoms with E-state index in [0.717, 1.165) is 30.2 Å². The molecule has 4 nitrogen and oxygen atoms in total. The molecule has 0 unspecified atom stereocenters. The SMILES string of the molecule is N#Cc1cccc(NC2CCS(=O)CC2)n1. The number of nitrogens with zero attached hydrogens (tertiary/aromatic N) is 2. The number of rotatable bonds is 2. The maximum Gasteiger partial charge on any atom is 0.142 e. The van der Waals surface area contributed by atoms with Crippen molar-refractivity contribution in [3.63, 3.8) is 0 Å². The van der Waals surface area contributed by atoms with E-state index in [9.17, 15) is 4.21 Å². The van der Waals surface area contributed by atoms with Crippen molar-refractivity contribution in [1.82, 2.24) is 4.98 Å². The summed E-state index contributed by atoms with van der Waals surface area (Å²) in [5, 5.41) is 12.0. The number of aromatic nitrogens is 1. The molecule has 0 spiro atoms. The molecule has 84 valence electrons. The smallest absolute Gasteiger partial charge is 0.142 e. The van der Waals surface area contributed by atoms with Crippen LogP contribution >= 0.6 is 0 Å². The predicted octanol–water partition coefficient (Wildman–Crippen LogP) is 1.28. The third-order valence-electron chi connectivity index (χ3n) is 2.60. The van der Waals surface area contributed by atoms with Crippen molar-refractivity contribution < 1.29 is 4.21 Å². The summed E-state index contributed by atoms with van der Waals surface area (Å²) >= 11 is 0. The molecule has 16 heavy (non-hydrogen) atoms. The van der Waals surface area contributed by atoms with Crippen LogP contribution in [0.5, 0.6) is 0 Å². The van der Waals surface area contributed by atoms with Crippen LogP contribution in [-0.2, 0) is 10.8 Å². The van der Waals surface area contributed by atoms with E-state index >= 15 is 0 Å². The summed E-state index contributed by atoms with van der Waals surface area (Å²) in [6.07, 6.45) is 1.82. The van der Waals surface area contributed by atoms with E-state index in [1.807, 2.05) is 18.2 Å². The number of hydrogen-bond acceptors (Lipinski definition) is 4. The highest BCUT2D eigenvalue weighted by atomic mass is 32.2. The first-order valence-electron chi connectivity index (χ1n) is 5.26. The second-order valence-corrected chi connectivity index (χ2v) is 5.48. The van der Waals surface area contributed by atoms with Gasteiger partial charge in [-0.1, -0.05) is 6.07 Å². The van der Waals surface area contributed by atoms with Crippen LogP contribution in [0.4, 0.5) is 5.82 Å². The molecular formula is C11H13N3OS. The summed E-state index contributed by atoms with van der Waals surface area (Å²) in [5.41, 5.74) is 0.421. The Morgan fingerprint density at radius 2 is 2.19 bits per heavy atom. The Kier molecular flexibility index (Phi) is 3.52. The first-order chi connectivity index (χ1) is 7.78. The predicted molar refractivity (Wildman–Crippen MR) is 63.5 cm³/mol. The molecule has 1 N–H and O–H groups in total. The zero-order chi connectivity index (χ0) is 11.4. The molecule has 5 heteroatoms. The number of anilines is 1. The summed E-state index contributed by atoms with van der Waals surface area (Å²) in [6.45, 7) is 0. The number of nitrogens with one attached hydrogen (secondary N) is 1. The fourth-order valence-electron chi connectivity index (χ4n) is 1.72. The van der Waals surface area contributed by atoms with Crippen LogP contribution in [0.2, 0.25) is 0 Å². The minimum Gasteiger partial charge on any atom is -0.367 e. The van der Waals surface area contributed by atoms with E-state index in [1.54, 1.807) is 6.07 Å². The van der Waals surface area contributed by atoms with Gasteiger partial charge >= 0.3 is 0 Å². The molecule has 1 aromatic rings. The molecule has 0 aliphatic carbocycles. The van der Waals surface area contributed by atoms with Gasteiger partial charge in [0.05, 0.1) is 0 Å². The van der Waals surface area contributed by atoms with Gasteiger partial charge < -0.3 is 5.32 Å². The van der Waals surface area contributed by atoms with E-state index in [4.69, 9.17) is 5.26 Å². The van der Waals surface area contributed by atoms with Crippen LogP contribution < -0.4 is 5.32 Å². The van der Waals surface area contributed by atoms with Gasteiger partial charge in [-0.2, -0.15) is 5.26 Å². The Morgan fingerprint density at radius 3 is 2.88 bits per heavy atom. The average Bonchev–Trinajstić information content (AvgIpc) is 2.32. The first-order valence-corrected chi connectivity index (χ1v) is 6.75. The monoisotopic (exact) mass is 235 g/mol. The fourth-order valence-corrected chi connectivity index (χ4v) is 3.02. The largest absolute Gasteiger partial charge is 0.367 e. The molecule has 2 rings (SSSR count). The minimum absolute atomic E-state index is 0.333. The maximum absolute atomic E-state index is 11.2. The van der Waals surface area contributed by atoms with Crippen molar-refractivity contribution >= 4 is 16.6 Å². The van der Waals surface area contributed by atoms with Crippen LogP contribution in [0.15, 0.2) is 18.2 Å². The second kappa shape index (κ2) is 5.08. The number of nitriles is 1. The van der Waals surface area contributed by atoms with E-state index in [-0.39, 0.29) is 0 Å². The Hall–Kier alpha value is -1.41. The van der Waals surface area contributed by atoms with Gasteiger partial charge in [-0.15, -0.1) is 0 Å². The Labute approximate surface area is 97.2 Å². The van der Waals surface area contributed by atoms with Gasteiger partial charge in [0.25, 0.3) is 0 Å². The van der Waals surface area contributed by atoms with E-state index < -0.39 is 10.8 Å². The lowest BCUT2D eigenvalue weighted by Gasteiger charge is -2.22. The topological polar surface area (TPSA) is 65.8 Å². The third kappa shape index (κ3) is 2.80. The quantitative estimate of drug-likeness (QED) is 0.838. The first kappa shape index (κ1) is 11.1. The molecule has 0 saturated carbocycles. The average molecular weight is 235 g/mol. The molecule has 1 aromatic heterocycles. The molecule has 1 saturated heterocycles. The van der Waals surface area contributed by atoms with Crippen molar-refractivity contribution in [2.75, 3.05) is 16.8 Å². The van der Waals surface area contributed by atoms with Gasteiger partial charge in [0.1, 0.15) is 17.6 Å². The standard InChI is InChI=1S/C11H13N3OS/c12-8-10-2-1-3-11(14-10)13-9-4-6-16(15)7-5-9/h1-3,9H,4-7H2,(H,13,14). The lowest BCUT2D eigenvalue weighted by Crippen LogP contribution is -2.29. The van der Waals surface area contributed by atoms with Gasteiger partial charge in [-0.05, 0) is 25.0 Å². The van der Waals surface area contributed by atoms with Crippen LogP contribution in [0.1, 0.15) is 18.5 Å². The van der Waals surface area contributed by atoms with Crippen molar-refractivity contribution in [2.24, 2.45) is 0 Å². The number of hydrogen-bond donors (Lipinski definition) is 1. The highest BCUT2D eigenvalue weighted by molar-refractivity contribution is 7.85. The second-order valence-electron chi connectivity index (χ2n) is 3.79. The van der Waals surface area contributed by atoms with Crippen LogP contribution in [-0.4, -0.2) is 26.7 Å². The van der Waals surface area contributed by atoms with Gasteiger partial charge in [0, 0.05) is 28.3 Å². The fraction of sp³-hybridized carbons (Fsp3) is 0.455. The molecule has 0 aromatic carbocycles. The lowest BCUT2D eigenvalue weighted by atomic mass is 10.1. The van der Waals surface area contributed by atoms with Crippen molar-refractivity contribution in [3.8, 4) is 6.07 Å². The van der Waals surface area contributed by atoms with Gasteiger partial charge in [-0.25, -0.2) is 4.98 Å². The van der Waals surface area contributed by atoms with Gasteiger partial charge in [-0.3, -0.25) is 4.21 Å². The summed E-state index contributed by atoms with van der Waals surface area (Å²) < 4.78 is 11.2. The Balaban J connectivity index is 1.98. The highest BCUT2D eigenvalue weighted by Gasteiger charge is 2.17. The summed E-state index contributed by atoms with van der Waals surface area (Å²) in [6, 6.07) is 7.69. The molecule has 1 aliphatic rings. The van der Waals surface area contributed by atoms with E-state index in [0.29, 0.717) is 11.7 Å². The molecule has 1 fully saturated rings. The molecule has 2 heterocycles. The van der Waals surface area contributed by atoms with E-state index in [2.05, 4.69) is 10.3 Å². The van der Waals surface area contributed by atoms with Crippen LogP contribution in [0, 0.1) is 11.3 Å². The van der Waals surface area contributed by atoms with Gasteiger partial charge in [0.15, 0.2) is 0 Å². The molecule has 0 radical (unpaired) electrons. The highest BCUT2D eigenvalue weighted by Crippen LogP contribution is 2.14. The Morgan fingerprint density at radius 1 is 1.44 bits per heavy atom. The maximum atomic E-state index is 11.2. The van der Waals surface area contributed by atoms with Crippen LogP contribution in [0.3, 0.4) is 0 Å². The van der Waals surface area contributed by atoms with E-state index in [1.165, 1.54) is 0 Å². The normalized spacial score (nSPS) is 24.7. The minimum atomic E-state index is -0.638. The molecule has 0 atom stereocenters. The Bertz CT molecular complexity index is 431. The zero-order valence-corrected chi connectivity index (χ0v) is 9.67. The summed E-state index contributed by atoms with van der Waals surface area (Å²) in [4.78, 5) is 4.16. The van der Waals surface area contributed by atoms with Gasteiger partial charge in [0.2, 0.25) is 0 Å².